The molecule has 0 N–H and O–H groups in total. The maximum atomic E-state index is 12.7. The summed E-state index contributed by atoms with van der Waals surface area (Å²) in [7, 11) is 0. The predicted molar refractivity (Wildman–Crippen MR) is 99.3 cm³/mol. The number of allylic oxidation sites excluding steroid dienone is 4. The number of rotatable bonds is 2. The van der Waals surface area contributed by atoms with Crippen LogP contribution in [0.15, 0.2) is 48.1 Å². The molecule has 0 saturated carbocycles. The van der Waals surface area contributed by atoms with Crippen molar-refractivity contribution in [2.75, 3.05) is 0 Å². The van der Waals surface area contributed by atoms with Gasteiger partial charge < -0.3 is 0 Å². The standard InChI is InChI=1S/C22H28O2/c1-16-5-10-20(19-8-6-18(15-23)7-9-19)17(2)21(24)12-14-22(3,4)13-11-16/h6-9,11-12,14-15,17,20H,5,10,13H2,1-4H3/b14-12+,16-11+/t17-,20?/m1/s1. The van der Waals surface area contributed by atoms with Gasteiger partial charge >= 0.3 is 0 Å². The van der Waals surface area contributed by atoms with E-state index in [1.165, 1.54) is 5.57 Å². The van der Waals surface area contributed by atoms with Gasteiger partial charge in [-0.1, -0.05) is 62.8 Å². The number of hydrogen-bond acceptors (Lipinski definition) is 2. The molecular weight excluding hydrogens is 296 g/mol. The number of aldehydes is 1. The second kappa shape index (κ2) is 7.74. The zero-order valence-electron chi connectivity index (χ0n) is 15.2. The molecule has 0 aliphatic heterocycles. The number of carbonyl (C=O) groups excluding carboxylic acids is 2. The van der Waals surface area contributed by atoms with Gasteiger partial charge in [0.05, 0.1) is 0 Å². The highest BCUT2D eigenvalue weighted by molar-refractivity contribution is 5.92. The molecule has 0 heterocycles. The van der Waals surface area contributed by atoms with Crippen LogP contribution >= 0.6 is 0 Å². The summed E-state index contributed by atoms with van der Waals surface area (Å²) in [6.45, 7) is 8.53. The molecule has 0 bridgehead atoms. The van der Waals surface area contributed by atoms with Crippen molar-refractivity contribution in [3.05, 3.63) is 59.2 Å². The summed E-state index contributed by atoms with van der Waals surface area (Å²) in [6, 6.07) is 7.66. The molecule has 2 atom stereocenters. The van der Waals surface area contributed by atoms with Crippen LogP contribution in [-0.4, -0.2) is 12.1 Å². The molecule has 1 aliphatic carbocycles. The van der Waals surface area contributed by atoms with Gasteiger partial charge in [0.1, 0.15) is 6.29 Å². The first-order valence-electron chi connectivity index (χ1n) is 8.76. The lowest BCUT2D eigenvalue weighted by atomic mass is 9.80. The van der Waals surface area contributed by atoms with Crippen molar-refractivity contribution in [3.8, 4) is 0 Å². The molecule has 128 valence electrons. The molecule has 0 saturated heterocycles. The summed E-state index contributed by atoms with van der Waals surface area (Å²) in [5, 5.41) is 0. The van der Waals surface area contributed by atoms with Gasteiger partial charge in [0, 0.05) is 11.5 Å². The van der Waals surface area contributed by atoms with Crippen LogP contribution in [0.2, 0.25) is 0 Å². The van der Waals surface area contributed by atoms with Gasteiger partial charge in [0.25, 0.3) is 0 Å². The second-order valence-corrected chi connectivity index (χ2v) is 7.70. The topological polar surface area (TPSA) is 34.1 Å². The van der Waals surface area contributed by atoms with Crippen molar-refractivity contribution in [3.63, 3.8) is 0 Å². The van der Waals surface area contributed by atoms with Gasteiger partial charge in [-0.25, -0.2) is 0 Å². The Morgan fingerprint density at radius 2 is 1.83 bits per heavy atom. The van der Waals surface area contributed by atoms with Crippen molar-refractivity contribution < 1.29 is 9.59 Å². The largest absolute Gasteiger partial charge is 0.298 e. The van der Waals surface area contributed by atoms with E-state index in [9.17, 15) is 9.59 Å². The Morgan fingerprint density at radius 3 is 2.46 bits per heavy atom. The molecule has 0 aromatic heterocycles. The molecule has 0 amide bonds. The van der Waals surface area contributed by atoms with Gasteiger partial charge in [-0.2, -0.15) is 0 Å². The summed E-state index contributed by atoms with van der Waals surface area (Å²) in [5.41, 5.74) is 3.20. The molecule has 1 unspecified atom stereocenters. The van der Waals surface area contributed by atoms with Crippen LogP contribution in [0.1, 0.15) is 68.8 Å². The number of ketones is 1. The summed E-state index contributed by atoms with van der Waals surface area (Å²) < 4.78 is 0. The van der Waals surface area contributed by atoms with Crippen LogP contribution < -0.4 is 0 Å². The molecule has 24 heavy (non-hydrogen) atoms. The number of benzene rings is 1. The fourth-order valence-corrected chi connectivity index (χ4v) is 3.18. The quantitative estimate of drug-likeness (QED) is 0.531. The van der Waals surface area contributed by atoms with E-state index in [4.69, 9.17) is 0 Å². The zero-order chi connectivity index (χ0) is 17.7. The Morgan fingerprint density at radius 1 is 1.17 bits per heavy atom. The zero-order valence-corrected chi connectivity index (χ0v) is 15.2. The highest BCUT2D eigenvalue weighted by Crippen LogP contribution is 2.34. The van der Waals surface area contributed by atoms with Crippen LogP contribution in [0, 0.1) is 11.3 Å². The summed E-state index contributed by atoms with van der Waals surface area (Å²) in [5.74, 6) is 0.296. The van der Waals surface area contributed by atoms with Crippen LogP contribution in [0.3, 0.4) is 0 Å². The van der Waals surface area contributed by atoms with Gasteiger partial charge in [-0.15, -0.1) is 0 Å². The van der Waals surface area contributed by atoms with E-state index in [2.05, 4.69) is 26.8 Å². The third-order valence-corrected chi connectivity index (χ3v) is 5.08. The minimum atomic E-state index is -0.0648. The van der Waals surface area contributed by atoms with Crippen molar-refractivity contribution in [1.29, 1.82) is 0 Å². The molecule has 2 nitrogen and oxygen atoms in total. The monoisotopic (exact) mass is 324 g/mol. The highest BCUT2D eigenvalue weighted by Gasteiger charge is 2.25. The first-order chi connectivity index (χ1) is 11.3. The van der Waals surface area contributed by atoms with Gasteiger partial charge in [-0.3, -0.25) is 9.59 Å². The minimum absolute atomic E-state index is 0.00207. The SMILES string of the molecule is C/C1=C\CC(C)(C)/C=C/C(=O)[C@H](C)C(c2ccc(C=O)cc2)CC1. The van der Waals surface area contributed by atoms with Crippen molar-refractivity contribution in [2.24, 2.45) is 11.3 Å². The maximum absolute atomic E-state index is 12.7. The van der Waals surface area contributed by atoms with E-state index in [-0.39, 0.29) is 23.0 Å². The molecule has 1 aromatic carbocycles. The fourth-order valence-electron chi connectivity index (χ4n) is 3.18. The lowest BCUT2D eigenvalue weighted by molar-refractivity contribution is -0.118. The third-order valence-electron chi connectivity index (χ3n) is 5.08. The predicted octanol–water partition coefficient (Wildman–Crippen LogP) is 5.50. The van der Waals surface area contributed by atoms with E-state index < -0.39 is 0 Å². The van der Waals surface area contributed by atoms with Crippen LogP contribution in [0.5, 0.6) is 0 Å². The third kappa shape index (κ3) is 4.77. The van der Waals surface area contributed by atoms with Crippen molar-refractivity contribution >= 4 is 12.1 Å². The lowest BCUT2D eigenvalue weighted by Gasteiger charge is -2.23. The molecule has 0 fully saturated rings. The average Bonchev–Trinajstić information content (AvgIpc) is 2.59. The number of carbonyl (C=O) groups is 2. The first-order valence-corrected chi connectivity index (χ1v) is 8.76. The van der Waals surface area contributed by atoms with E-state index in [1.54, 1.807) is 6.08 Å². The van der Waals surface area contributed by atoms with Crippen LogP contribution in [-0.2, 0) is 4.79 Å². The lowest BCUT2D eigenvalue weighted by Crippen LogP contribution is -2.19. The van der Waals surface area contributed by atoms with Gasteiger partial charge in [0.15, 0.2) is 5.78 Å². The smallest absolute Gasteiger partial charge is 0.158 e. The Kier molecular flexibility index (Phi) is 5.93. The summed E-state index contributed by atoms with van der Waals surface area (Å²) >= 11 is 0. The first kappa shape index (κ1) is 18.4. The van der Waals surface area contributed by atoms with E-state index in [0.717, 1.165) is 31.1 Å². The molecule has 1 aliphatic rings. The Labute approximate surface area is 145 Å². The Bertz CT molecular complexity index is 647. The maximum Gasteiger partial charge on any atom is 0.158 e. The second-order valence-electron chi connectivity index (χ2n) is 7.70. The van der Waals surface area contributed by atoms with E-state index in [1.807, 2.05) is 37.3 Å². The molecule has 1 aromatic rings. The van der Waals surface area contributed by atoms with Crippen molar-refractivity contribution in [1.82, 2.24) is 0 Å². The van der Waals surface area contributed by atoms with Crippen LogP contribution in [0.4, 0.5) is 0 Å². The summed E-state index contributed by atoms with van der Waals surface area (Å²) in [4.78, 5) is 23.5. The molecule has 0 radical (unpaired) electrons. The number of hydrogen-bond donors (Lipinski definition) is 0. The van der Waals surface area contributed by atoms with Gasteiger partial charge in [0.2, 0.25) is 0 Å². The minimum Gasteiger partial charge on any atom is -0.298 e. The molecule has 2 rings (SSSR count). The molecular formula is C22H28O2. The average molecular weight is 324 g/mol. The van der Waals surface area contributed by atoms with Gasteiger partial charge in [-0.05, 0) is 49.2 Å². The van der Waals surface area contributed by atoms with E-state index >= 15 is 0 Å². The molecule has 0 spiro atoms. The van der Waals surface area contributed by atoms with E-state index in [0.29, 0.717) is 5.56 Å². The Hall–Kier alpha value is -1.96. The highest BCUT2D eigenvalue weighted by atomic mass is 16.1. The Balaban J connectivity index is 2.34. The normalized spacial score (nSPS) is 28.3. The van der Waals surface area contributed by atoms with Crippen LogP contribution in [0.25, 0.3) is 0 Å². The molecule has 2 heteroatoms. The fraction of sp³-hybridized carbons (Fsp3) is 0.455. The summed E-state index contributed by atoms with van der Waals surface area (Å²) in [6.07, 6.45) is 9.87. The van der Waals surface area contributed by atoms with Crippen molar-refractivity contribution in [2.45, 2.75) is 52.9 Å².